The van der Waals surface area contributed by atoms with E-state index in [1.165, 1.54) is 0 Å². The Morgan fingerprint density at radius 3 is 2.50 bits per heavy atom. The van der Waals surface area contributed by atoms with Crippen molar-refractivity contribution in [1.29, 1.82) is 0 Å². The van der Waals surface area contributed by atoms with Crippen LogP contribution in [0.2, 0.25) is 0 Å². The summed E-state index contributed by atoms with van der Waals surface area (Å²) < 4.78 is 0. The van der Waals surface area contributed by atoms with Crippen LogP contribution in [-0.2, 0) is 9.59 Å². The Hall–Kier alpha value is -1.88. The van der Waals surface area contributed by atoms with Crippen LogP contribution in [0.3, 0.4) is 0 Å². The number of likely N-dealkylation sites (tertiary alicyclic amines) is 1. The maximum Gasteiger partial charge on any atom is 0.308 e. The monoisotopic (exact) mass is 330 g/mol. The van der Waals surface area contributed by atoms with E-state index in [9.17, 15) is 14.7 Å². The standard InChI is InChI=1S/C19H26N2O3/c1-13-5-3-4-6-14(13)15-11-21(12-16(15)17(22)23)18(24)19(2)7-9-20-10-8-19/h3-6,15-16,20H,7-12H2,1-2H3,(H,22,23)/t15-,16+/m0/s1. The zero-order valence-electron chi connectivity index (χ0n) is 14.4. The number of hydrogen-bond acceptors (Lipinski definition) is 3. The minimum atomic E-state index is -0.811. The molecular formula is C19H26N2O3. The lowest BCUT2D eigenvalue weighted by Gasteiger charge is -2.36. The number of hydrogen-bond donors (Lipinski definition) is 2. The van der Waals surface area contributed by atoms with Crippen molar-refractivity contribution in [3.8, 4) is 0 Å². The number of amides is 1. The number of carbonyl (C=O) groups excluding carboxylic acids is 1. The van der Waals surface area contributed by atoms with Gasteiger partial charge in [0.25, 0.3) is 0 Å². The summed E-state index contributed by atoms with van der Waals surface area (Å²) in [4.78, 5) is 26.6. The molecule has 2 aliphatic rings. The van der Waals surface area contributed by atoms with Crippen LogP contribution in [0.5, 0.6) is 0 Å². The fourth-order valence-electron chi connectivity index (χ4n) is 4.11. The molecule has 1 aromatic carbocycles. The Labute approximate surface area is 143 Å². The van der Waals surface area contributed by atoms with Gasteiger partial charge in [-0.2, -0.15) is 0 Å². The highest BCUT2D eigenvalue weighted by atomic mass is 16.4. The number of carboxylic acid groups (broad SMARTS) is 1. The van der Waals surface area contributed by atoms with Crippen molar-refractivity contribution >= 4 is 11.9 Å². The van der Waals surface area contributed by atoms with E-state index in [0.717, 1.165) is 37.1 Å². The molecule has 2 aliphatic heterocycles. The predicted octanol–water partition coefficient (Wildman–Crippen LogP) is 2.01. The summed E-state index contributed by atoms with van der Waals surface area (Å²) in [7, 11) is 0. The number of nitrogens with one attached hydrogen (secondary N) is 1. The van der Waals surface area contributed by atoms with Crippen LogP contribution >= 0.6 is 0 Å². The van der Waals surface area contributed by atoms with Gasteiger partial charge in [0.1, 0.15) is 0 Å². The first-order valence-corrected chi connectivity index (χ1v) is 8.71. The first kappa shape index (κ1) is 17.0. The smallest absolute Gasteiger partial charge is 0.308 e. The van der Waals surface area contributed by atoms with Crippen molar-refractivity contribution in [2.45, 2.75) is 32.6 Å². The molecule has 0 aliphatic carbocycles. The molecule has 2 saturated heterocycles. The van der Waals surface area contributed by atoms with Crippen LogP contribution in [0.25, 0.3) is 0 Å². The molecule has 24 heavy (non-hydrogen) atoms. The Morgan fingerprint density at radius 1 is 1.21 bits per heavy atom. The molecule has 0 saturated carbocycles. The molecule has 0 spiro atoms. The number of nitrogens with zero attached hydrogens (tertiary/aromatic N) is 1. The van der Waals surface area contributed by atoms with E-state index in [1.54, 1.807) is 4.90 Å². The van der Waals surface area contributed by atoms with Crippen molar-refractivity contribution in [2.75, 3.05) is 26.2 Å². The van der Waals surface area contributed by atoms with Gasteiger partial charge in [-0.3, -0.25) is 9.59 Å². The Morgan fingerprint density at radius 2 is 1.88 bits per heavy atom. The number of benzene rings is 1. The number of piperidine rings is 1. The Bertz CT molecular complexity index is 637. The van der Waals surface area contributed by atoms with E-state index in [4.69, 9.17) is 0 Å². The largest absolute Gasteiger partial charge is 0.481 e. The zero-order valence-corrected chi connectivity index (χ0v) is 14.4. The number of carbonyl (C=O) groups is 2. The molecule has 1 amide bonds. The van der Waals surface area contributed by atoms with E-state index in [-0.39, 0.29) is 17.2 Å². The Balaban J connectivity index is 1.84. The quantitative estimate of drug-likeness (QED) is 0.889. The second kappa shape index (κ2) is 6.55. The summed E-state index contributed by atoms with van der Waals surface area (Å²) in [6, 6.07) is 7.91. The minimum absolute atomic E-state index is 0.117. The lowest BCUT2D eigenvalue weighted by atomic mass is 9.79. The van der Waals surface area contributed by atoms with Gasteiger partial charge in [0.05, 0.1) is 5.92 Å². The molecular weight excluding hydrogens is 304 g/mol. The van der Waals surface area contributed by atoms with E-state index in [0.29, 0.717) is 13.1 Å². The topological polar surface area (TPSA) is 69.6 Å². The van der Waals surface area contributed by atoms with Crippen molar-refractivity contribution in [1.82, 2.24) is 10.2 Å². The highest BCUT2D eigenvalue weighted by molar-refractivity contribution is 5.84. The molecule has 2 heterocycles. The third kappa shape index (κ3) is 3.05. The average Bonchev–Trinajstić information content (AvgIpc) is 3.00. The molecule has 0 radical (unpaired) electrons. The van der Waals surface area contributed by atoms with E-state index in [2.05, 4.69) is 5.32 Å². The first-order chi connectivity index (χ1) is 11.4. The van der Waals surface area contributed by atoms with Crippen molar-refractivity contribution in [3.63, 3.8) is 0 Å². The van der Waals surface area contributed by atoms with E-state index >= 15 is 0 Å². The summed E-state index contributed by atoms with van der Waals surface area (Å²) in [5.74, 6) is -1.35. The molecule has 0 bridgehead atoms. The van der Waals surface area contributed by atoms with Crippen LogP contribution in [0.15, 0.2) is 24.3 Å². The molecule has 2 atom stereocenters. The fraction of sp³-hybridized carbons (Fsp3) is 0.579. The summed E-state index contributed by atoms with van der Waals surface area (Å²) in [6.07, 6.45) is 1.63. The molecule has 0 aromatic heterocycles. The molecule has 2 fully saturated rings. The molecule has 0 unspecified atom stereocenters. The second-order valence-corrected chi connectivity index (χ2v) is 7.43. The Kier molecular flexibility index (Phi) is 4.63. The number of aryl methyl sites for hydroxylation is 1. The summed E-state index contributed by atoms with van der Waals surface area (Å²) in [5.41, 5.74) is 1.78. The third-order valence-corrected chi connectivity index (χ3v) is 5.74. The lowest BCUT2D eigenvalue weighted by Crippen LogP contribution is -2.47. The average molecular weight is 330 g/mol. The third-order valence-electron chi connectivity index (χ3n) is 5.74. The molecule has 1 aromatic rings. The lowest BCUT2D eigenvalue weighted by molar-refractivity contribution is -0.143. The predicted molar refractivity (Wildman–Crippen MR) is 91.8 cm³/mol. The van der Waals surface area contributed by atoms with Gasteiger partial charge < -0.3 is 15.3 Å². The second-order valence-electron chi connectivity index (χ2n) is 7.43. The van der Waals surface area contributed by atoms with Gasteiger partial charge in [0, 0.05) is 24.4 Å². The molecule has 3 rings (SSSR count). The number of carboxylic acids is 1. The van der Waals surface area contributed by atoms with Gasteiger partial charge in [0.2, 0.25) is 5.91 Å². The van der Waals surface area contributed by atoms with Crippen LogP contribution in [0, 0.1) is 18.3 Å². The maximum atomic E-state index is 13.1. The zero-order chi connectivity index (χ0) is 17.3. The number of aliphatic carboxylic acids is 1. The van der Waals surface area contributed by atoms with Gasteiger partial charge >= 0.3 is 5.97 Å². The van der Waals surface area contributed by atoms with Gasteiger partial charge in [-0.1, -0.05) is 31.2 Å². The minimum Gasteiger partial charge on any atom is -0.481 e. The summed E-state index contributed by atoms with van der Waals surface area (Å²) >= 11 is 0. The van der Waals surface area contributed by atoms with Gasteiger partial charge in [-0.15, -0.1) is 0 Å². The summed E-state index contributed by atoms with van der Waals surface area (Å²) in [5, 5.41) is 13.0. The van der Waals surface area contributed by atoms with Crippen LogP contribution in [0.4, 0.5) is 0 Å². The highest BCUT2D eigenvalue weighted by Gasteiger charge is 2.45. The van der Waals surface area contributed by atoms with E-state index in [1.807, 2.05) is 38.1 Å². The van der Waals surface area contributed by atoms with Crippen molar-refractivity contribution in [3.05, 3.63) is 35.4 Å². The summed E-state index contributed by atoms with van der Waals surface area (Å²) in [6.45, 7) is 6.54. The van der Waals surface area contributed by atoms with Gasteiger partial charge in [-0.05, 0) is 44.0 Å². The highest BCUT2D eigenvalue weighted by Crippen LogP contribution is 2.38. The van der Waals surface area contributed by atoms with Gasteiger partial charge in [0.15, 0.2) is 0 Å². The maximum absolute atomic E-state index is 13.1. The fourth-order valence-corrected chi connectivity index (χ4v) is 4.11. The first-order valence-electron chi connectivity index (χ1n) is 8.71. The van der Waals surface area contributed by atoms with E-state index < -0.39 is 11.9 Å². The molecule has 5 heteroatoms. The van der Waals surface area contributed by atoms with Crippen LogP contribution < -0.4 is 5.32 Å². The molecule has 2 N–H and O–H groups in total. The molecule has 130 valence electrons. The van der Waals surface area contributed by atoms with Crippen LogP contribution in [0.1, 0.15) is 36.8 Å². The molecule has 5 nitrogen and oxygen atoms in total. The van der Waals surface area contributed by atoms with Gasteiger partial charge in [-0.25, -0.2) is 0 Å². The SMILES string of the molecule is Cc1ccccc1[C@@H]1CN(C(=O)C2(C)CCNCC2)C[C@H]1C(=O)O. The van der Waals surface area contributed by atoms with Crippen molar-refractivity contribution in [2.24, 2.45) is 11.3 Å². The normalized spacial score (nSPS) is 26.3. The number of rotatable bonds is 3. The van der Waals surface area contributed by atoms with Crippen LogP contribution in [-0.4, -0.2) is 48.1 Å². The van der Waals surface area contributed by atoms with Crippen molar-refractivity contribution < 1.29 is 14.7 Å².